The van der Waals surface area contributed by atoms with Crippen molar-refractivity contribution in [2.75, 3.05) is 31.5 Å². The number of hydrogen-bond donors (Lipinski definition) is 2. The Kier molecular flexibility index (Phi) is 5.22. The highest BCUT2D eigenvalue weighted by atomic mass is 79.9. The van der Waals surface area contributed by atoms with E-state index in [2.05, 4.69) is 26.1 Å². The summed E-state index contributed by atoms with van der Waals surface area (Å²) in [5.74, 6) is -0.910. The van der Waals surface area contributed by atoms with Crippen LogP contribution < -0.4 is 5.32 Å². The first-order valence-electron chi connectivity index (χ1n) is 6.66. The van der Waals surface area contributed by atoms with Crippen LogP contribution in [0.1, 0.15) is 29.6 Å². The minimum atomic E-state index is -0.910. The van der Waals surface area contributed by atoms with Gasteiger partial charge in [0.25, 0.3) is 0 Å². The molecule has 0 saturated carbocycles. The largest absolute Gasteiger partial charge is 0.478 e. The normalized spacial score (nSPS) is 15.6. The highest BCUT2D eigenvalue weighted by molar-refractivity contribution is 9.10. The highest BCUT2D eigenvalue weighted by Crippen LogP contribution is 2.21. The van der Waals surface area contributed by atoms with Gasteiger partial charge >= 0.3 is 5.97 Å². The summed E-state index contributed by atoms with van der Waals surface area (Å²) in [5, 5.41) is 12.3. The molecule has 1 aromatic rings. The number of hydrogen-bond acceptors (Lipinski definition) is 3. The fourth-order valence-electron chi connectivity index (χ4n) is 2.34. The first kappa shape index (κ1) is 14.3. The van der Waals surface area contributed by atoms with Gasteiger partial charge in [0.05, 0.1) is 5.56 Å². The second-order valence-corrected chi connectivity index (χ2v) is 5.68. The number of carbonyl (C=O) groups is 1. The summed E-state index contributed by atoms with van der Waals surface area (Å²) in [6.07, 6.45) is 3.77. The lowest BCUT2D eigenvalue weighted by Gasteiger charge is -2.14. The predicted octanol–water partition coefficient (Wildman–Crippen LogP) is 3.05. The number of benzene rings is 1. The van der Waals surface area contributed by atoms with Gasteiger partial charge in [-0.05, 0) is 73.0 Å². The maximum atomic E-state index is 10.9. The topological polar surface area (TPSA) is 52.6 Å². The zero-order chi connectivity index (χ0) is 13.7. The van der Waals surface area contributed by atoms with Gasteiger partial charge in [-0.2, -0.15) is 0 Å². The number of rotatable bonds is 6. The number of nitrogens with zero attached hydrogens (tertiary/aromatic N) is 1. The molecule has 1 saturated heterocycles. The molecule has 5 heteroatoms. The van der Waals surface area contributed by atoms with E-state index in [4.69, 9.17) is 5.11 Å². The Balaban J connectivity index is 1.76. The number of likely N-dealkylation sites (tertiary alicyclic amines) is 1. The minimum absolute atomic E-state index is 0.294. The van der Waals surface area contributed by atoms with Crippen molar-refractivity contribution < 1.29 is 9.90 Å². The Hall–Kier alpha value is -1.07. The molecule has 2 N–H and O–H groups in total. The summed E-state index contributed by atoms with van der Waals surface area (Å²) in [7, 11) is 0. The van der Waals surface area contributed by atoms with Gasteiger partial charge in [0.1, 0.15) is 0 Å². The molecular formula is C14H19BrN2O2. The van der Waals surface area contributed by atoms with E-state index in [1.807, 2.05) is 12.1 Å². The van der Waals surface area contributed by atoms with Crippen LogP contribution in [0.25, 0.3) is 0 Å². The van der Waals surface area contributed by atoms with Crippen molar-refractivity contribution in [1.29, 1.82) is 0 Å². The molecule has 0 radical (unpaired) electrons. The molecule has 0 spiro atoms. The predicted molar refractivity (Wildman–Crippen MR) is 79.9 cm³/mol. The number of aromatic carboxylic acids is 1. The van der Waals surface area contributed by atoms with Crippen LogP contribution in [0.4, 0.5) is 5.69 Å². The first-order chi connectivity index (χ1) is 9.16. The lowest BCUT2D eigenvalue weighted by molar-refractivity contribution is 0.0696. The van der Waals surface area contributed by atoms with Crippen LogP contribution in [0.2, 0.25) is 0 Å². The van der Waals surface area contributed by atoms with E-state index in [0.717, 1.165) is 25.2 Å². The van der Waals surface area contributed by atoms with Gasteiger partial charge in [-0.25, -0.2) is 4.79 Å². The third-order valence-electron chi connectivity index (χ3n) is 3.38. The average Bonchev–Trinajstić information content (AvgIpc) is 2.87. The van der Waals surface area contributed by atoms with E-state index in [9.17, 15) is 4.79 Å². The molecule has 0 aromatic heterocycles. The molecular weight excluding hydrogens is 308 g/mol. The molecule has 0 unspecified atom stereocenters. The average molecular weight is 327 g/mol. The molecule has 1 aliphatic rings. The molecule has 2 rings (SSSR count). The first-order valence-corrected chi connectivity index (χ1v) is 7.45. The number of carboxylic acids is 1. The molecule has 19 heavy (non-hydrogen) atoms. The zero-order valence-electron chi connectivity index (χ0n) is 10.9. The molecule has 1 fully saturated rings. The van der Waals surface area contributed by atoms with Crippen LogP contribution in [0.5, 0.6) is 0 Å². The van der Waals surface area contributed by atoms with Crippen LogP contribution in [-0.4, -0.2) is 42.2 Å². The highest BCUT2D eigenvalue weighted by Gasteiger charge is 2.10. The lowest BCUT2D eigenvalue weighted by atomic mass is 10.2. The van der Waals surface area contributed by atoms with Crippen LogP contribution in [0.3, 0.4) is 0 Å². The summed E-state index contributed by atoms with van der Waals surface area (Å²) in [4.78, 5) is 13.4. The van der Waals surface area contributed by atoms with Crippen molar-refractivity contribution in [1.82, 2.24) is 4.90 Å². The van der Waals surface area contributed by atoms with Gasteiger partial charge in [0.15, 0.2) is 0 Å². The van der Waals surface area contributed by atoms with Gasteiger partial charge in [-0.15, -0.1) is 0 Å². The van der Waals surface area contributed by atoms with E-state index in [0.29, 0.717) is 10.0 Å². The second kappa shape index (κ2) is 6.91. The number of carboxylic acid groups (broad SMARTS) is 1. The number of anilines is 1. The van der Waals surface area contributed by atoms with E-state index >= 15 is 0 Å². The van der Waals surface area contributed by atoms with Crippen molar-refractivity contribution in [3.05, 3.63) is 28.2 Å². The Bertz CT molecular complexity index is 445. The number of nitrogens with one attached hydrogen (secondary N) is 1. The van der Waals surface area contributed by atoms with E-state index in [1.54, 1.807) is 6.07 Å². The second-order valence-electron chi connectivity index (χ2n) is 4.83. The van der Waals surface area contributed by atoms with Gasteiger partial charge in [-0.1, -0.05) is 0 Å². The summed E-state index contributed by atoms with van der Waals surface area (Å²) in [6.45, 7) is 4.52. The molecule has 0 bridgehead atoms. The van der Waals surface area contributed by atoms with Gasteiger partial charge < -0.3 is 15.3 Å². The molecule has 1 aliphatic heterocycles. The molecule has 1 heterocycles. The smallest absolute Gasteiger partial charge is 0.336 e. The number of halogens is 1. The maximum Gasteiger partial charge on any atom is 0.336 e. The Morgan fingerprint density at radius 2 is 2.11 bits per heavy atom. The monoisotopic (exact) mass is 326 g/mol. The molecule has 0 amide bonds. The quantitative estimate of drug-likeness (QED) is 0.789. The molecule has 104 valence electrons. The van der Waals surface area contributed by atoms with Gasteiger partial charge in [0, 0.05) is 16.7 Å². The van der Waals surface area contributed by atoms with Crippen LogP contribution in [0.15, 0.2) is 22.7 Å². The Morgan fingerprint density at radius 1 is 1.37 bits per heavy atom. The van der Waals surface area contributed by atoms with E-state index in [-0.39, 0.29) is 0 Å². The standard InChI is InChI=1S/C14H19BrN2O2/c15-13-10-11(4-5-12(13)14(18)19)16-6-3-9-17-7-1-2-8-17/h4-5,10,16H,1-3,6-9H2,(H,18,19). The summed E-state index contributed by atoms with van der Waals surface area (Å²) < 4.78 is 0.615. The van der Waals surface area contributed by atoms with Crippen LogP contribution >= 0.6 is 15.9 Å². The fraction of sp³-hybridized carbons (Fsp3) is 0.500. The minimum Gasteiger partial charge on any atom is -0.478 e. The maximum absolute atomic E-state index is 10.9. The van der Waals surface area contributed by atoms with Crippen LogP contribution in [-0.2, 0) is 0 Å². The van der Waals surface area contributed by atoms with Crippen LogP contribution in [0, 0.1) is 0 Å². The summed E-state index contributed by atoms with van der Waals surface area (Å²) in [5.41, 5.74) is 1.25. The van der Waals surface area contributed by atoms with Gasteiger partial charge in [0.2, 0.25) is 0 Å². The van der Waals surface area contributed by atoms with Crippen molar-refractivity contribution in [2.24, 2.45) is 0 Å². The van der Waals surface area contributed by atoms with Crippen molar-refractivity contribution in [2.45, 2.75) is 19.3 Å². The molecule has 0 atom stereocenters. The SMILES string of the molecule is O=C(O)c1ccc(NCCCN2CCCC2)cc1Br. The lowest BCUT2D eigenvalue weighted by Crippen LogP contribution is -2.22. The fourth-order valence-corrected chi connectivity index (χ4v) is 2.89. The summed E-state index contributed by atoms with van der Waals surface area (Å²) >= 11 is 3.28. The summed E-state index contributed by atoms with van der Waals surface area (Å²) in [6, 6.07) is 5.25. The molecule has 0 aliphatic carbocycles. The van der Waals surface area contributed by atoms with E-state index < -0.39 is 5.97 Å². The third kappa shape index (κ3) is 4.21. The van der Waals surface area contributed by atoms with E-state index in [1.165, 1.54) is 25.9 Å². The zero-order valence-corrected chi connectivity index (χ0v) is 12.4. The van der Waals surface area contributed by atoms with Crippen molar-refractivity contribution in [3.8, 4) is 0 Å². The Labute approximate surface area is 121 Å². The molecule has 1 aromatic carbocycles. The van der Waals surface area contributed by atoms with Crippen molar-refractivity contribution in [3.63, 3.8) is 0 Å². The molecule has 4 nitrogen and oxygen atoms in total. The Morgan fingerprint density at radius 3 is 2.74 bits per heavy atom. The van der Waals surface area contributed by atoms with Gasteiger partial charge in [-0.3, -0.25) is 0 Å². The third-order valence-corrected chi connectivity index (χ3v) is 4.03. The van der Waals surface area contributed by atoms with Crippen molar-refractivity contribution >= 4 is 27.6 Å².